The van der Waals surface area contributed by atoms with Gasteiger partial charge in [0.25, 0.3) is 0 Å². The van der Waals surface area contributed by atoms with Crippen LogP contribution < -0.4 is 5.32 Å². The number of rotatable bonds is 43. The van der Waals surface area contributed by atoms with Gasteiger partial charge in [0.1, 0.15) is 6.10 Å². The quantitative estimate of drug-likeness (QED) is 0.0472. The maximum Gasteiger partial charge on any atom is 0.220 e. The van der Waals surface area contributed by atoms with Crippen LogP contribution in [0, 0.1) is 0 Å². The van der Waals surface area contributed by atoms with Gasteiger partial charge in [0.15, 0.2) is 0 Å². The molecule has 0 aliphatic heterocycles. The van der Waals surface area contributed by atoms with E-state index < -0.39 is 18.2 Å². The van der Waals surface area contributed by atoms with Crippen LogP contribution in [0.2, 0.25) is 0 Å². The van der Waals surface area contributed by atoms with Gasteiger partial charge in [-0.25, -0.2) is 0 Å². The zero-order valence-electron chi connectivity index (χ0n) is 34.8. The average Bonchev–Trinajstić information content (AvgIpc) is 3.13. The van der Waals surface area contributed by atoms with Crippen LogP contribution in [-0.4, -0.2) is 46.1 Å². The van der Waals surface area contributed by atoms with Crippen LogP contribution in [0.25, 0.3) is 0 Å². The molecule has 0 heterocycles. The zero-order valence-corrected chi connectivity index (χ0v) is 34.8. The lowest BCUT2D eigenvalue weighted by Gasteiger charge is -2.26. The molecular formula is C46H93NO4. The molecule has 5 nitrogen and oxygen atoms in total. The van der Waals surface area contributed by atoms with E-state index in [2.05, 4.69) is 19.2 Å². The van der Waals surface area contributed by atoms with E-state index in [1.807, 2.05) is 0 Å². The van der Waals surface area contributed by atoms with Crippen molar-refractivity contribution in [3.63, 3.8) is 0 Å². The highest BCUT2D eigenvalue weighted by Crippen LogP contribution is 2.17. The number of amides is 1. The topological polar surface area (TPSA) is 89.8 Å². The summed E-state index contributed by atoms with van der Waals surface area (Å²) < 4.78 is 0. The van der Waals surface area contributed by atoms with Gasteiger partial charge < -0.3 is 20.6 Å². The Hall–Kier alpha value is -0.650. The van der Waals surface area contributed by atoms with Gasteiger partial charge in [0.05, 0.1) is 18.8 Å². The maximum absolute atomic E-state index is 12.4. The first-order valence-corrected chi connectivity index (χ1v) is 23.3. The monoisotopic (exact) mass is 724 g/mol. The molecule has 51 heavy (non-hydrogen) atoms. The Bertz CT molecular complexity index is 674. The minimum absolute atomic E-state index is 0.138. The molecule has 0 radical (unpaired) electrons. The van der Waals surface area contributed by atoms with Crippen LogP contribution in [0.5, 0.6) is 0 Å². The van der Waals surface area contributed by atoms with Gasteiger partial charge >= 0.3 is 0 Å². The van der Waals surface area contributed by atoms with Crippen LogP contribution in [-0.2, 0) is 4.79 Å². The largest absolute Gasteiger partial charge is 0.394 e. The predicted molar refractivity (Wildman–Crippen MR) is 222 cm³/mol. The van der Waals surface area contributed by atoms with Crippen LogP contribution in [0.3, 0.4) is 0 Å². The molecule has 0 aromatic rings. The van der Waals surface area contributed by atoms with Crippen molar-refractivity contribution in [2.45, 2.75) is 283 Å². The number of carbonyl (C=O) groups is 1. The summed E-state index contributed by atoms with van der Waals surface area (Å²) in [4.78, 5) is 12.4. The third-order valence-corrected chi connectivity index (χ3v) is 11.2. The summed E-state index contributed by atoms with van der Waals surface area (Å²) in [6.45, 7) is 4.21. The standard InChI is InChI=1S/C46H93NO4/c1-3-5-7-9-11-13-15-17-19-21-22-23-24-25-27-29-31-33-35-37-39-41-45(50)47-43(42-48)46(51)44(49)40-38-36-34-32-30-28-26-20-18-16-14-12-10-8-6-4-2/h43-44,46,48-49,51H,3-42H2,1-2H3,(H,47,50)/t43-,44+,46-/m0/s1. The molecular weight excluding hydrogens is 631 g/mol. The lowest BCUT2D eigenvalue weighted by atomic mass is 9.99. The van der Waals surface area contributed by atoms with Crippen LogP contribution in [0.4, 0.5) is 0 Å². The fourth-order valence-corrected chi connectivity index (χ4v) is 7.58. The number of aliphatic hydroxyl groups is 3. The molecule has 0 aliphatic carbocycles. The Balaban J connectivity index is 3.55. The zero-order chi connectivity index (χ0) is 37.3. The van der Waals surface area contributed by atoms with Gasteiger partial charge in [0.2, 0.25) is 5.91 Å². The highest BCUT2D eigenvalue weighted by molar-refractivity contribution is 5.76. The summed E-state index contributed by atoms with van der Waals surface area (Å²) in [5, 5.41) is 33.6. The number of hydrogen-bond donors (Lipinski definition) is 4. The summed E-state index contributed by atoms with van der Waals surface area (Å²) in [7, 11) is 0. The molecule has 1 amide bonds. The normalized spacial score (nSPS) is 13.4. The number of hydrogen-bond acceptors (Lipinski definition) is 4. The Morgan fingerprint density at radius 2 is 0.667 bits per heavy atom. The van der Waals surface area contributed by atoms with Crippen molar-refractivity contribution in [2.75, 3.05) is 6.61 Å². The molecule has 0 saturated heterocycles. The van der Waals surface area contributed by atoms with E-state index >= 15 is 0 Å². The smallest absolute Gasteiger partial charge is 0.220 e. The summed E-state index contributed by atoms with van der Waals surface area (Å²) in [6.07, 6.45) is 47.9. The lowest BCUT2D eigenvalue weighted by molar-refractivity contribution is -0.124. The fraction of sp³-hybridized carbons (Fsp3) is 0.978. The van der Waals surface area contributed by atoms with E-state index in [0.29, 0.717) is 12.8 Å². The molecule has 0 spiro atoms. The molecule has 0 saturated carbocycles. The predicted octanol–water partition coefficient (Wildman–Crippen LogP) is 13.4. The lowest BCUT2D eigenvalue weighted by Crippen LogP contribution is -2.50. The van der Waals surface area contributed by atoms with Gasteiger partial charge in [-0.05, 0) is 12.8 Å². The van der Waals surface area contributed by atoms with E-state index in [9.17, 15) is 20.1 Å². The fourth-order valence-electron chi connectivity index (χ4n) is 7.58. The van der Waals surface area contributed by atoms with Crippen molar-refractivity contribution in [1.82, 2.24) is 5.32 Å². The number of nitrogens with one attached hydrogen (secondary N) is 1. The van der Waals surface area contributed by atoms with E-state index in [1.165, 1.54) is 205 Å². The van der Waals surface area contributed by atoms with Crippen molar-refractivity contribution in [3.8, 4) is 0 Å². The van der Waals surface area contributed by atoms with Crippen molar-refractivity contribution in [3.05, 3.63) is 0 Å². The molecule has 4 N–H and O–H groups in total. The highest BCUT2D eigenvalue weighted by atomic mass is 16.3. The van der Waals surface area contributed by atoms with Crippen LogP contribution in [0.1, 0.15) is 264 Å². The third-order valence-electron chi connectivity index (χ3n) is 11.2. The second-order valence-corrected chi connectivity index (χ2v) is 16.3. The molecule has 0 fully saturated rings. The highest BCUT2D eigenvalue weighted by Gasteiger charge is 2.26. The first-order valence-electron chi connectivity index (χ1n) is 23.3. The van der Waals surface area contributed by atoms with E-state index in [1.54, 1.807) is 0 Å². The van der Waals surface area contributed by atoms with E-state index in [-0.39, 0.29) is 12.5 Å². The maximum atomic E-state index is 12.4. The van der Waals surface area contributed by atoms with Gasteiger partial charge in [-0.1, -0.05) is 245 Å². The molecule has 0 aromatic carbocycles. The second-order valence-electron chi connectivity index (χ2n) is 16.3. The SMILES string of the molecule is CCCCCCCCCCCCCCCCCCCCCCCC(=O)N[C@@H](CO)[C@H](O)[C@H](O)CCCCCCCCCCCCCCCCCC. The first kappa shape index (κ1) is 50.4. The minimum atomic E-state index is -1.13. The molecule has 0 bridgehead atoms. The number of aliphatic hydroxyl groups excluding tert-OH is 3. The van der Waals surface area contributed by atoms with Crippen LogP contribution in [0.15, 0.2) is 0 Å². The molecule has 0 aliphatic rings. The first-order chi connectivity index (χ1) is 25.1. The Morgan fingerprint density at radius 1 is 0.412 bits per heavy atom. The minimum Gasteiger partial charge on any atom is -0.394 e. The summed E-state index contributed by atoms with van der Waals surface area (Å²) in [6, 6.07) is -0.802. The summed E-state index contributed by atoms with van der Waals surface area (Å²) in [5.74, 6) is -0.138. The van der Waals surface area contributed by atoms with Gasteiger partial charge in [-0.3, -0.25) is 4.79 Å². The molecule has 0 aromatic heterocycles. The van der Waals surface area contributed by atoms with Crippen molar-refractivity contribution < 1.29 is 20.1 Å². The Morgan fingerprint density at radius 3 is 0.941 bits per heavy atom. The number of unbranched alkanes of at least 4 members (excludes halogenated alkanes) is 35. The van der Waals surface area contributed by atoms with Gasteiger partial charge in [-0.2, -0.15) is 0 Å². The molecule has 5 heteroatoms. The van der Waals surface area contributed by atoms with Crippen molar-refractivity contribution in [1.29, 1.82) is 0 Å². The molecule has 0 rings (SSSR count). The molecule has 3 atom stereocenters. The van der Waals surface area contributed by atoms with E-state index in [0.717, 1.165) is 32.1 Å². The van der Waals surface area contributed by atoms with E-state index in [4.69, 9.17) is 0 Å². The van der Waals surface area contributed by atoms with Crippen molar-refractivity contribution in [2.24, 2.45) is 0 Å². The second kappa shape index (κ2) is 42.1. The Labute approximate surface area is 319 Å². The molecule has 0 unspecified atom stereocenters. The van der Waals surface area contributed by atoms with Gasteiger partial charge in [-0.15, -0.1) is 0 Å². The van der Waals surface area contributed by atoms with Crippen molar-refractivity contribution >= 4 is 5.91 Å². The molecule has 306 valence electrons. The van der Waals surface area contributed by atoms with Crippen LogP contribution >= 0.6 is 0 Å². The third kappa shape index (κ3) is 37.5. The Kier molecular flexibility index (Phi) is 41.6. The average molecular weight is 724 g/mol. The van der Waals surface area contributed by atoms with Gasteiger partial charge in [0, 0.05) is 6.42 Å². The summed E-state index contributed by atoms with van der Waals surface area (Å²) >= 11 is 0. The summed E-state index contributed by atoms with van der Waals surface area (Å²) in [5.41, 5.74) is 0. The number of carbonyl (C=O) groups excluding carboxylic acids is 1.